The van der Waals surface area contributed by atoms with E-state index in [0.29, 0.717) is 12.3 Å². The average molecular weight is 293 g/mol. The molecule has 114 valence electrons. The topological polar surface area (TPSA) is 55.4 Å². The molecule has 0 aromatic heterocycles. The van der Waals surface area contributed by atoms with Crippen LogP contribution in [0.4, 0.5) is 10.1 Å². The van der Waals surface area contributed by atoms with Crippen LogP contribution in [0.1, 0.15) is 39.0 Å². The SMILES string of the molecule is C[C@H](OC(=O)CC1CCCC1)C(=O)Nc1ccccc1F. The van der Waals surface area contributed by atoms with E-state index in [0.717, 1.165) is 25.7 Å². The number of carbonyl (C=O) groups is 2. The van der Waals surface area contributed by atoms with Crippen LogP contribution in [0, 0.1) is 11.7 Å². The molecule has 0 heterocycles. The third-order valence-corrected chi connectivity index (χ3v) is 3.74. The predicted octanol–water partition coefficient (Wildman–Crippen LogP) is 3.28. The molecule has 4 nitrogen and oxygen atoms in total. The highest BCUT2D eigenvalue weighted by Gasteiger charge is 2.23. The first-order valence-electron chi connectivity index (χ1n) is 7.31. The van der Waals surface area contributed by atoms with Crippen LogP contribution in [0.15, 0.2) is 24.3 Å². The van der Waals surface area contributed by atoms with E-state index >= 15 is 0 Å². The molecular formula is C16H20FNO3. The molecule has 0 saturated heterocycles. The van der Waals surface area contributed by atoms with Gasteiger partial charge in [-0.05, 0) is 37.8 Å². The Morgan fingerprint density at radius 2 is 2.00 bits per heavy atom. The largest absolute Gasteiger partial charge is 0.453 e. The summed E-state index contributed by atoms with van der Waals surface area (Å²) in [7, 11) is 0. The zero-order chi connectivity index (χ0) is 15.2. The van der Waals surface area contributed by atoms with Gasteiger partial charge in [-0.3, -0.25) is 9.59 Å². The van der Waals surface area contributed by atoms with E-state index in [9.17, 15) is 14.0 Å². The normalized spacial score (nSPS) is 16.5. The van der Waals surface area contributed by atoms with Crippen molar-refractivity contribution in [1.29, 1.82) is 0 Å². The van der Waals surface area contributed by atoms with Crippen molar-refractivity contribution in [3.8, 4) is 0 Å². The molecule has 1 aromatic rings. The number of carbonyl (C=O) groups excluding carboxylic acids is 2. The van der Waals surface area contributed by atoms with E-state index in [1.54, 1.807) is 6.07 Å². The number of anilines is 1. The predicted molar refractivity (Wildman–Crippen MR) is 77.2 cm³/mol. The van der Waals surface area contributed by atoms with Crippen molar-refractivity contribution in [1.82, 2.24) is 0 Å². The average Bonchev–Trinajstić information content (AvgIpc) is 2.93. The molecule has 1 atom stereocenters. The number of rotatable bonds is 5. The first kappa shape index (κ1) is 15.5. The quantitative estimate of drug-likeness (QED) is 0.848. The molecule has 0 bridgehead atoms. The van der Waals surface area contributed by atoms with Gasteiger partial charge in [0, 0.05) is 6.42 Å². The van der Waals surface area contributed by atoms with Crippen LogP contribution in [0.3, 0.4) is 0 Å². The highest BCUT2D eigenvalue weighted by Crippen LogP contribution is 2.27. The van der Waals surface area contributed by atoms with Gasteiger partial charge in [-0.1, -0.05) is 25.0 Å². The Morgan fingerprint density at radius 3 is 2.67 bits per heavy atom. The second-order valence-corrected chi connectivity index (χ2v) is 5.46. The number of hydrogen-bond donors (Lipinski definition) is 1. The lowest BCUT2D eigenvalue weighted by Gasteiger charge is -2.15. The van der Waals surface area contributed by atoms with Crippen molar-refractivity contribution >= 4 is 17.6 Å². The van der Waals surface area contributed by atoms with Crippen LogP contribution in [-0.4, -0.2) is 18.0 Å². The van der Waals surface area contributed by atoms with Crippen molar-refractivity contribution in [3.05, 3.63) is 30.1 Å². The van der Waals surface area contributed by atoms with Crippen molar-refractivity contribution < 1.29 is 18.7 Å². The number of para-hydroxylation sites is 1. The number of nitrogens with one attached hydrogen (secondary N) is 1. The molecule has 1 N–H and O–H groups in total. The first-order valence-corrected chi connectivity index (χ1v) is 7.31. The van der Waals surface area contributed by atoms with E-state index in [1.165, 1.54) is 25.1 Å². The van der Waals surface area contributed by atoms with Crippen molar-refractivity contribution in [2.75, 3.05) is 5.32 Å². The second kappa shape index (κ2) is 7.20. The lowest BCUT2D eigenvalue weighted by Crippen LogP contribution is -2.30. The molecule has 0 aliphatic heterocycles. The lowest BCUT2D eigenvalue weighted by molar-refractivity contribution is -0.154. The molecule has 21 heavy (non-hydrogen) atoms. The zero-order valence-corrected chi connectivity index (χ0v) is 12.1. The summed E-state index contributed by atoms with van der Waals surface area (Å²) in [6.45, 7) is 1.49. The molecular weight excluding hydrogens is 273 g/mol. The van der Waals surface area contributed by atoms with Gasteiger partial charge in [0.15, 0.2) is 6.10 Å². The first-order chi connectivity index (χ1) is 10.1. The van der Waals surface area contributed by atoms with Gasteiger partial charge < -0.3 is 10.1 Å². The third-order valence-electron chi connectivity index (χ3n) is 3.74. The summed E-state index contributed by atoms with van der Waals surface area (Å²) in [6, 6.07) is 5.87. The maximum atomic E-state index is 13.4. The Labute approximate surface area is 123 Å². The number of amides is 1. The number of esters is 1. The highest BCUT2D eigenvalue weighted by molar-refractivity contribution is 5.95. The number of halogens is 1. The summed E-state index contributed by atoms with van der Waals surface area (Å²) in [5.41, 5.74) is 0.0844. The van der Waals surface area contributed by atoms with Gasteiger partial charge in [-0.2, -0.15) is 0 Å². The van der Waals surface area contributed by atoms with E-state index in [1.807, 2.05) is 0 Å². The minimum atomic E-state index is -0.932. The minimum absolute atomic E-state index is 0.0844. The van der Waals surface area contributed by atoms with Gasteiger partial charge in [-0.25, -0.2) is 4.39 Å². The van der Waals surface area contributed by atoms with Crippen LogP contribution in [0.25, 0.3) is 0 Å². The Bertz CT molecular complexity index is 512. The van der Waals surface area contributed by atoms with E-state index in [-0.39, 0.29) is 11.7 Å². The molecule has 1 saturated carbocycles. The molecule has 1 fully saturated rings. The Morgan fingerprint density at radius 1 is 1.33 bits per heavy atom. The maximum Gasteiger partial charge on any atom is 0.306 e. The summed E-state index contributed by atoms with van der Waals surface area (Å²) in [5.74, 6) is -1.03. The number of ether oxygens (including phenoxy) is 1. The van der Waals surface area contributed by atoms with Crippen molar-refractivity contribution in [3.63, 3.8) is 0 Å². The fourth-order valence-electron chi connectivity index (χ4n) is 2.55. The second-order valence-electron chi connectivity index (χ2n) is 5.46. The maximum absolute atomic E-state index is 13.4. The Balaban J connectivity index is 1.81. The standard InChI is InChI=1S/C16H20FNO3/c1-11(21-15(19)10-12-6-2-3-7-12)16(20)18-14-9-5-4-8-13(14)17/h4-5,8-9,11-12H,2-3,6-7,10H2,1H3,(H,18,20)/t11-/m0/s1. The van der Waals surface area contributed by atoms with Gasteiger partial charge in [0.25, 0.3) is 5.91 Å². The van der Waals surface area contributed by atoms with Gasteiger partial charge in [0.05, 0.1) is 5.69 Å². The van der Waals surface area contributed by atoms with Crippen LogP contribution in [0.5, 0.6) is 0 Å². The van der Waals surface area contributed by atoms with Crippen molar-refractivity contribution in [2.24, 2.45) is 5.92 Å². The minimum Gasteiger partial charge on any atom is -0.453 e. The fourth-order valence-corrected chi connectivity index (χ4v) is 2.55. The molecule has 1 aliphatic rings. The summed E-state index contributed by atoms with van der Waals surface area (Å²) in [5, 5.41) is 2.42. The summed E-state index contributed by atoms with van der Waals surface area (Å²) in [4.78, 5) is 23.6. The summed E-state index contributed by atoms with van der Waals surface area (Å²) < 4.78 is 18.5. The number of hydrogen-bond acceptors (Lipinski definition) is 3. The Kier molecular flexibility index (Phi) is 5.31. The number of benzene rings is 1. The zero-order valence-electron chi connectivity index (χ0n) is 12.1. The molecule has 1 aromatic carbocycles. The monoisotopic (exact) mass is 293 g/mol. The molecule has 0 spiro atoms. The molecule has 5 heteroatoms. The van der Waals surface area contributed by atoms with Crippen LogP contribution < -0.4 is 5.32 Å². The summed E-state index contributed by atoms with van der Waals surface area (Å²) in [6.07, 6.45) is 3.83. The smallest absolute Gasteiger partial charge is 0.306 e. The van der Waals surface area contributed by atoms with Crippen LogP contribution in [-0.2, 0) is 14.3 Å². The summed E-state index contributed by atoms with van der Waals surface area (Å²) >= 11 is 0. The fraction of sp³-hybridized carbons (Fsp3) is 0.500. The van der Waals surface area contributed by atoms with Crippen molar-refractivity contribution in [2.45, 2.75) is 45.1 Å². The van der Waals surface area contributed by atoms with E-state index in [2.05, 4.69) is 5.32 Å². The molecule has 2 rings (SSSR count). The molecule has 0 radical (unpaired) electrons. The lowest BCUT2D eigenvalue weighted by atomic mass is 10.0. The van der Waals surface area contributed by atoms with E-state index in [4.69, 9.17) is 4.74 Å². The van der Waals surface area contributed by atoms with Gasteiger partial charge in [-0.15, -0.1) is 0 Å². The molecule has 0 unspecified atom stereocenters. The molecule has 1 amide bonds. The highest BCUT2D eigenvalue weighted by atomic mass is 19.1. The van der Waals surface area contributed by atoms with Crippen LogP contribution in [0.2, 0.25) is 0 Å². The van der Waals surface area contributed by atoms with Gasteiger partial charge in [0.2, 0.25) is 0 Å². The molecule has 1 aliphatic carbocycles. The van der Waals surface area contributed by atoms with Gasteiger partial charge >= 0.3 is 5.97 Å². The van der Waals surface area contributed by atoms with E-state index < -0.39 is 17.8 Å². The van der Waals surface area contributed by atoms with Crippen LogP contribution >= 0.6 is 0 Å². The Hall–Kier alpha value is -1.91. The van der Waals surface area contributed by atoms with Gasteiger partial charge in [0.1, 0.15) is 5.82 Å². The third kappa shape index (κ3) is 4.55.